The summed E-state index contributed by atoms with van der Waals surface area (Å²) in [6.07, 6.45) is 6.55. The lowest BCUT2D eigenvalue weighted by Gasteiger charge is -2.24. The number of sulfonamides is 1. The molecule has 208 valence electrons. The van der Waals surface area contributed by atoms with Gasteiger partial charge in [0.15, 0.2) is 0 Å². The number of likely N-dealkylation sites (tertiary alicyclic amines) is 1. The minimum absolute atomic E-state index is 0.0290. The van der Waals surface area contributed by atoms with Gasteiger partial charge in [0.05, 0.1) is 6.26 Å². The summed E-state index contributed by atoms with van der Waals surface area (Å²) >= 11 is 0. The number of pyridine rings is 1. The molecule has 0 radical (unpaired) electrons. The van der Waals surface area contributed by atoms with E-state index in [1.165, 1.54) is 11.4 Å². The van der Waals surface area contributed by atoms with Gasteiger partial charge in [0.25, 0.3) is 5.91 Å². The maximum atomic E-state index is 13.0. The number of nitrogens with zero attached hydrogens (tertiary/aromatic N) is 5. The predicted octanol–water partition coefficient (Wildman–Crippen LogP) is 4.55. The SMILES string of the molecule is CC1CCCN1C(=O)c1cccc(Nc2ncc(C(C)(C)C)c(NCc3cccnc3N(C)S(C)(=O)=O)n2)c1. The molecule has 4 rings (SSSR count). The van der Waals surface area contributed by atoms with E-state index in [4.69, 9.17) is 4.98 Å². The Morgan fingerprint density at radius 2 is 1.95 bits per heavy atom. The highest BCUT2D eigenvalue weighted by Gasteiger charge is 2.26. The normalized spacial score (nSPS) is 15.7. The number of aromatic nitrogens is 3. The molecule has 2 N–H and O–H groups in total. The summed E-state index contributed by atoms with van der Waals surface area (Å²) in [5, 5.41) is 6.60. The van der Waals surface area contributed by atoms with Gasteiger partial charge >= 0.3 is 0 Å². The summed E-state index contributed by atoms with van der Waals surface area (Å²) in [5.74, 6) is 1.38. The number of hydrogen-bond donors (Lipinski definition) is 2. The van der Waals surface area contributed by atoms with Gasteiger partial charge in [-0.2, -0.15) is 4.98 Å². The van der Waals surface area contributed by atoms with Gasteiger partial charge < -0.3 is 15.5 Å². The first-order valence-electron chi connectivity index (χ1n) is 13.0. The lowest BCUT2D eigenvalue weighted by Crippen LogP contribution is -2.33. The Bertz CT molecular complexity index is 1450. The third-order valence-corrected chi connectivity index (χ3v) is 8.05. The molecule has 1 aliphatic heterocycles. The third kappa shape index (κ3) is 6.65. The first-order chi connectivity index (χ1) is 18.3. The Balaban J connectivity index is 1.58. The second-order valence-electron chi connectivity index (χ2n) is 11.0. The third-order valence-electron chi connectivity index (χ3n) is 6.89. The number of nitrogens with one attached hydrogen (secondary N) is 2. The van der Waals surface area contributed by atoms with Crippen molar-refractivity contribution in [3.05, 3.63) is 65.5 Å². The lowest BCUT2D eigenvalue weighted by atomic mass is 9.88. The van der Waals surface area contributed by atoms with Gasteiger partial charge in [-0.1, -0.05) is 32.9 Å². The molecule has 1 unspecified atom stereocenters. The van der Waals surface area contributed by atoms with E-state index in [0.29, 0.717) is 40.9 Å². The number of amides is 1. The molecule has 10 nitrogen and oxygen atoms in total. The van der Waals surface area contributed by atoms with Gasteiger partial charge in [-0.15, -0.1) is 0 Å². The van der Waals surface area contributed by atoms with E-state index in [9.17, 15) is 13.2 Å². The minimum atomic E-state index is -3.47. The van der Waals surface area contributed by atoms with Crippen LogP contribution in [0.15, 0.2) is 48.8 Å². The van der Waals surface area contributed by atoms with Crippen molar-refractivity contribution in [3.63, 3.8) is 0 Å². The monoisotopic (exact) mass is 551 g/mol. The molecule has 0 aliphatic carbocycles. The van der Waals surface area contributed by atoms with Crippen LogP contribution in [0, 0.1) is 0 Å². The number of anilines is 4. The maximum Gasteiger partial charge on any atom is 0.254 e. The van der Waals surface area contributed by atoms with E-state index in [-0.39, 0.29) is 17.4 Å². The highest BCUT2D eigenvalue weighted by Crippen LogP contribution is 2.30. The molecule has 1 atom stereocenters. The average Bonchev–Trinajstić information content (AvgIpc) is 3.31. The van der Waals surface area contributed by atoms with Gasteiger partial charge in [0, 0.05) is 61.0 Å². The van der Waals surface area contributed by atoms with Crippen molar-refractivity contribution in [2.75, 3.05) is 34.8 Å². The largest absolute Gasteiger partial charge is 0.365 e. The van der Waals surface area contributed by atoms with Crippen molar-refractivity contribution in [2.45, 2.75) is 58.5 Å². The predicted molar refractivity (Wildman–Crippen MR) is 155 cm³/mol. The van der Waals surface area contributed by atoms with Crippen LogP contribution in [-0.2, 0) is 22.0 Å². The molecule has 0 bridgehead atoms. The molecule has 1 amide bonds. The Morgan fingerprint density at radius 1 is 1.18 bits per heavy atom. The summed E-state index contributed by atoms with van der Waals surface area (Å²) in [4.78, 5) is 28.5. The molecule has 0 spiro atoms. The van der Waals surface area contributed by atoms with Crippen molar-refractivity contribution in [2.24, 2.45) is 0 Å². The molecule has 39 heavy (non-hydrogen) atoms. The van der Waals surface area contributed by atoms with Gasteiger partial charge in [-0.3, -0.25) is 9.10 Å². The van der Waals surface area contributed by atoms with Crippen LogP contribution in [0.1, 0.15) is 62.0 Å². The van der Waals surface area contributed by atoms with Crippen molar-refractivity contribution in [1.29, 1.82) is 0 Å². The fourth-order valence-electron chi connectivity index (χ4n) is 4.57. The highest BCUT2D eigenvalue weighted by atomic mass is 32.2. The van der Waals surface area contributed by atoms with Crippen molar-refractivity contribution >= 4 is 39.2 Å². The number of benzene rings is 1. The summed E-state index contributed by atoms with van der Waals surface area (Å²) in [7, 11) is -1.99. The molecule has 2 aromatic heterocycles. The molecule has 0 saturated carbocycles. The molecule has 1 aliphatic rings. The van der Waals surface area contributed by atoms with Gasteiger partial charge in [0.1, 0.15) is 11.6 Å². The molecule has 3 aromatic rings. The highest BCUT2D eigenvalue weighted by molar-refractivity contribution is 7.92. The summed E-state index contributed by atoms with van der Waals surface area (Å²) in [5.41, 5.74) is 2.70. The maximum absolute atomic E-state index is 13.0. The fraction of sp³-hybridized carbons (Fsp3) is 0.429. The first kappa shape index (κ1) is 28.3. The van der Waals surface area contributed by atoms with E-state index in [1.807, 2.05) is 35.2 Å². The summed E-state index contributed by atoms with van der Waals surface area (Å²) in [6.45, 7) is 9.39. The number of rotatable bonds is 8. The quantitative estimate of drug-likeness (QED) is 0.419. The van der Waals surface area contributed by atoms with Gasteiger partial charge in [0.2, 0.25) is 16.0 Å². The molecule has 3 heterocycles. The Hall–Kier alpha value is -3.73. The average molecular weight is 552 g/mol. The topological polar surface area (TPSA) is 120 Å². The van der Waals surface area contributed by atoms with Crippen LogP contribution in [0.25, 0.3) is 0 Å². The zero-order valence-electron chi connectivity index (χ0n) is 23.4. The first-order valence-corrected chi connectivity index (χ1v) is 14.9. The standard InChI is InChI=1S/C28H37N7O3S/c1-19-10-9-15-35(19)26(36)20-11-7-13-22(16-20)32-27-31-18-23(28(2,3)4)24(33-27)30-17-21-12-8-14-29-25(21)34(5)39(6,37)38/h7-8,11-14,16,18-19H,9-10,15,17H2,1-6H3,(H2,30,31,32,33). The lowest BCUT2D eigenvalue weighted by molar-refractivity contribution is 0.0747. The summed E-state index contributed by atoms with van der Waals surface area (Å²) < 4.78 is 25.4. The van der Waals surface area contributed by atoms with Crippen molar-refractivity contribution in [3.8, 4) is 0 Å². The van der Waals surface area contributed by atoms with E-state index in [1.54, 1.807) is 18.5 Å². The second-order valence-corrected chi connectivity index (χ2v) is 13.0. The van der Waals surface area contributed by atoms with E-state index in [2.05, 4.69) is 48.3 Å². The van der Waals surface area contributed by atoms with Gasteiger partial charge in [-0.05, 0) is 49.4 Å². The van der Waals surface area contributed by atoms with Crippen molar-refractivity contribution < 1.29 is 13.2 Å². The van der Waals surface area contributed by atoms with Gasteiger partial charge in [-0.25, -0.2) is 18.4 Å². The molecular formula is C28H37N7O3S. The van der Waals surface area contributed by atoms with E-state index < -0.39 is 10.0 Å². The molecule has 1 fully saturated rings. The fourth-order valence-corrected chi connectivity index (χ4v) is 5.05. The molecule has 1 saturated heterocycles. The molecule has 11 heteroatoms. The van der Waals surface area contributed by atoms with Crippen LogP contribution in [-0.4, -0.2) is 60.1 Å². The minimum Gasteiger partial charge on any atom is -0.365 e. The van der Waals surface area contributed by atoms with Crippen LogP contribution in [0.3, 0.4) is 0 Å². The van der Waals surface area contributed by atoms with Crippen molar-refractivity contribution in [1.82, 2.24) is 19.9 Å². The van der Waals surface area contributed by atoms with Crippen LogP contribution >= 0.6 is 0 Å². The second kappa shape index (κ2) is 11.2. The molecular weight excluding hydrogens is 514 g/mol. The van der Waals surface area contributed by atoms with E-state index >= 15 is 0 Å². The number of carbonyl (C=O) groups excluding carboxylic acids is 1. The zero-order chi connectivity index (χ0) is 28.4. The van der Waals surface area contributed by atoms with E-state index in [0.717, 1.165) is 31.2 Å². The Morgan fingerprint density at radius 3 is 2.62 bits per heavy atom. The molecule has 1 aromatic carbocycles. The number of carbonyl (C=O) groups is 1. The Labute approximate surface area is 230 Å². The zero-order valence-corrected chi connectivity index (χ0v) is 24.2. The summed E-state index contributed by atoms with van der Waals surface area (Å²) in [6, 6.07) is 11.2. The number of hydrogen-bond acceptors (Lipinski definition) is 8. The smallest absolute Gasteiger partial charge is 0.254 e. The van der Waals surface area contributed by atoms with Crippen LogP contribution in [0.4, 0.5) is 23.3 Å². The van der Waals surface area contributed by atoms with Crippen LogP contribution < -0.4 is 14.9 Å². The van der Waals surface area contributed by atoms with Crippen LogP contribution in [0.2, 0.25) is 0 Å². The Kier molecular flexibility index (Phi) is 8.10. The van der Waals surface area contributed by atoms with Crippen LogP contribution in [0.5, 0.6) is 0 Å².